The van der Waals surface area contributed by atoms with Crippen LogP contribution < -0.4 is 5.73 Å². The summed E-state index contributed by atoms with van der Waals surface area (Å²) in [7, 11) is 0. The number of hydrogen-bond acceptors (Lipinski definition) is 2. The number of aryl methyl sites for hydroxylation is 2. The molecule has 3 aromatic rings. The summed E-state index contributed by atoms with van der Waals surface area (Å²) >= 11 is 0. The van der Waals surface area contributed by atoms with Gasteiger partial charge in [0, 0.05) is 18.9 Å². The molecule has 6 heteroatoms. The zero-order valence-electron chi connectivity index (χ0n) is 14.3. The van der Waals surface area contributed by atoms with E-state index >= 15 is 0 Å². The highest BCUT2D eigenvalue weighted by Gasteiger charge is 2.40. The molecule has 0 unspecified atom stereocenters. The summed E-state index contributed by atoms with van der Waals surface area (Å²) in [5.41, 5.74) is 5.76. The Morgan fingerprint density at radius 1 is 1.04 bits per heavy atom. The first-order valence-corrected chi connectivity index (χ1v) is 8.23. The van der Waals surface area contributed by atoms with Crippen LogP contribution in [0.3, 0.4) is 0 Å². The predicted molar refractivity (Wildman–Crippen MR) is 94.4 cm³/mol. The topological polar surface area (TPSA) is 60.9 Å². The van der Waals surface area contributed by atoms with E-state index in [0.717, 1.165) is 5.82 Å². The van der Waals surface area contributed by atoms with Gasteiger partial charge in [-0.05, 0) is 48.7 Å². The molecule has 0 spiro atoms. The van der Waals surface area contributed by atoms with E-state index in [2.05, 4.69) is 4.98 Å². The van der Waals surface area contributed by atoms with Crippen LogP contribution in [0.2, 0.25) is 0 Å². The number of rotatable bonds is 6. The molecule has 0 saturated heterocycles. The predicted octanol–water partition coefficient (Wildman–Crippen LogP) is 3.33. The minimum atomic E-state index is -1.21. The van der Waals surface area contributed by atoms with Crippen LogP contribution >= 0.6 is 0 Å². The number of carbonyl (C=O) groups excluding carboxylic acids is 1. The normalized spacial score (nSPS) is 11.5. The van der Waals surface area contributed by atoms with Crippen molar-refractivity contribution < 1.29 is 13.6 Å². The average molecular weight is 355 g/mol. The molecule has 0 bridgehead atoms. The van der Waals surface area contributed by atoms with E-state index in [1.807, 2.05) is 17.7 Å². The number of primary amides is 1. The van der Waals surface area contributed by atoms with Crippen molar-refractivity contribution in [1.29, 1.82) is 0 Å². The molecule has 134 valence electrons. The fraction of sp³-hybridized carbons (Fsp3) is 0.200. The van der Waals surface area contributed by atoms with Gasteiger partial charge in [-0.2, -0.15) is 0 Å². The molecule has 0 fully saturated rings. The Kier molecular flexibility index (Phi) is 4.84. The van der Waals surface area contributed by atoms with Crippen molar-refractivity contribution in [3.63, 3.8) is 0 Å². The third-order valence-corrected chi connectivity index (χ3v) is 4.75. The molecule has 0 radical (unpaired) electrons. The van der Waals surface area contributed by atoms with Crippen LogP contribution in [0.5, 0.6) is 0 Å². The number of aromatic nitrogens is 2. The molecule has 0 saturated carbocycles. The van der Waals surface area contributed by atoms with Gasteiger partial charge in [0.1, 0.15) is 22.9 Å². The Morgan fingerprint density at radius 2 is 1.54 bits per heavy atom. The van der Waals surface area contributed by atoms with Crippen molar-refractivity contribution in [1.82, 2.24) is 9.55 Å². The lowest BCUT2D eigenvalue weighted by atomic mass is 9.71. The monoisotopic (exact) mass is 355 g/mol. The molecule has 0 aliphatic rings. The molecule has 0 aliphatic heterocycles. The van der Waals surface area contributed by atoms with Crippen LogP contribution in [0.4, 0.5) is 8.78 Å². The van der Waals surface area contributed by atoms with Crippen LogP contribution in [0.1, 0.15) is 23.4 Å². The van der Waals surface area contributed by atoms with Gasteiger partial charge in [-0.15, -0.1) is 0 Å². The quantitative estimate of drug-likeness (QED) is 0.737. The smallest absolute Gasteiger partial charge is 0.232 e. The van der Waals surface area contributed by atoms with Crippen molar-refractivity contribution in [2.75, 3.05) is 0 Å². The van der Waals surface area contributed by atoms with Gasteiger partial charge in [0.2, 0.25) is 5.91 Å². The Morgan fingerprint density at radius 3 is 1.92 bits per heavy atom. The first-order chi connectivity index (χ1) is 12.4. The summed E-state index contributed by atoms with van der Waals surface area (Å²) in [6.45, 7) is 2.34. The van der Waals surface area contributed by atoms with E-state index in [9.17, 15) is 13.6 Å². The van der Waals surface area contributed by atoms with Crippen LogP contribution in [0.15, 0.2) is 60.9 Å². The van der Waals surface area contributed by atoms with Gasteiger partial charge >= 0.3 is 0 Å². The fourth-order valence-electron chi connectivity index (χ4n) is 3.26. The van der Waals surface area contributed by atoms with E-state index in [1.165, 1.54) is 24.3 Å². The van der Waals surface area contributed by atoms with Gasteiger partial charge in [-0.3, -0.25) is 4.79 Å². The molecule has 26 heavy (non-hydrogen) atoms. The number of nitrogens with two attached hydrogens (primary N) is 1. The molecule has 2 aromatic carbocycles. The van der Waals surface area contributed by atoms with Crippen LogP contribution in [0, 0.1) is 18.6 Å². The number of benzene rings is 2. The minimum absolute atomic E-state index is 0.330. The van der Waals surface area contributed by atoms with Gasteiger partial charge in [-0.1, -0.05) is 24.3 Å². The van der Waals surface area contributed by atoms with Gasteiger partial charge < -0.3 is 10.3 Å². The second-order valence-electron chi connectivity index (χ2n) is 6.20. The summed E-state index contributed by atoms with van der Waals surface area (Å²) in [6.07, 6.45) is 3.82. The van der Waals surface area contributed by atoms with Crippen LogP contribution in [0.25, 0.3) is 0 Å². The first kappa shape index (κ1) is 17.8. The highest BCUT2D eigenvalue weighted by molar-refractivity contribution is 5.90. The van der Waals surface area contributed by atoms with Crippen molar-refractivity contribution >= 4 is 5.91 Å². The largest absolute Gasteiger partial charge is 0.369 e. The highest BCUT2D eigenvalue weighted by atomic mass is 19.1. The average Bonchev–Trinajstić information content (AvgIpc) is 3.03. The Labute approximate surface area is 150 Å². The summed E-state index contributed by atoms with van der Waals surface area (Å²) in [5.74, 6) is -0.580. The van der Waals surface area contributed by atoms with Crippen molar-refractivity contribution in [2.45, 2.75) is 25.3 Å². The number of amides is 1. The number of imidazole rings is 1. The van der Waals surface area contributed by atoms with Crippen molar-refractivity contribution in [3.05, 3.63) is 89.5 Å². The SMILES string of the molecule is Cc1nccn1CCC(C(N)=O)(c1ccc(F)cc1)c1ccc(F)cc1. The molecule has 1 amide bonds. The van der Waals surface area contributed by atoms with Gasteiger partial charge in [-0.25, -0.2) is 13.8 Å². The second kappa shape index (κ2) is 7.07. The molecule has 1 heterocycles. The molecule has 1 aromatic heterocycles. The number of halogens is 2. The maximum Gasteiger partial charge on any atom is 0.232 e. The molecule has 2 N–H and O–H groups in total. The van der Waals surface area contributed by atoms with Gasteiger partial charge in [0.05, 0.1) is 0 Å². The van der Waals surface area contributed by atoms with E-state index in [-0.39, 0.29) is 0 Å². The van der Waals surface area contributed by atoms with E-state index in [0.29, 0.717) is 24.1 Å². The maximum atomic E-state index is 13.4. The lowest BCUT2D eigenvalue weighted by Crippen LogP contribution is -2.43. The van der Waals surface area contributed by atoms with Crippen molar-refractivity contribution in [3.8, 4) is 0 Å². The summed E-state index contributed by atoms with van der Waals surface area (Å²) in [4.78, 5) is 16.8. The molecule has 4 nitrogen and oxygen atoms in total. The second-order valence-corrected chi connectivity index (χ2v) is 6.20. The highest BCUT2D eigenvalue weighted by Crippen LogP contribution is 2.36. The van der Waals surface area contributed by atoms with Gasteiger partial charge in [0.25, 0.3) is 0 Å². The molecule has 3 rings (SSSR count). The number of carbonyl (C=O) groups is 1. The van der Waals surface area contributed by atoms with E-state index in [4.69, 9.17) is 5.73 Å². The van der Waals surface area contributed by atoms with Crippen molar-refractivity contribution in [2.24, 2.45) is 5.73 Å². The third-order valence-electron chi connectivity index (χ3n) is 4.75. The Balaban J connectivity index is 2.11. The summed E-state index contributed by atoms with van der Waals surface area (Å²) < 4.78 is 28.7. The third kappa shape index (κ3) is 3.22. The molecule has 0 aliphatic carbocycles. The molecule has 0 atom stereocenters. The zero-order valence-corrected chi connectivity index (χ0v) is 14.3. The van der Waals surface area contributed by atoms with Crippen LogP contribution in [-0.4, -0.2) is 15.5 Å². The molecular weight excluding hydrogens is 336 g/mol. The standard InChI is InChI=1S/C20H19F2N3O/c1-14-24-11-13-25(14)12-10-20(19(23)26,15-2-6-17(21)7-3-15)16-4-8-18(22)9-5-16/h2-9,11,13H,10,12H2,1H3,(H2,23,26). The summed E-state index contributed by atoms with van der Waals surface area (Å²) in [5, 5.41) is 0. The van der Waals surface area contributed by atoms with E-state index in [1.54, 1.807) is 30.5 Å². The lowest BCUT2D eigenvalue weighted by Gasteiger charge is -2.32. The number of nitrogens with zero attached hydrogens (tertiary/aromatic N) is 2. The van der Waals surface area contributed by atoms with Crippen LogP contribution in [-0.2, 0) is 16.8 Å². The number of hydrogen-bond donors (Lipinski definition) is 1. The first-order valence-electron chi connectivity index (χ1n) is 8.23. The maximum absolute atomic E-state index is 13.4. The van der Waals surface area contributed by atoms with E-state index < -0.39 is 23.0 Å². The summed E-state index contributed by atoms with van der Waals surface area (Å²) in [6, 6.07) is 11.3. The van der Waals surface area contributed by atoms with Gasteiger partial charge in [0.15, 0.2) is 0 Å². The Bertz CT molecular complexity index is 856. The lowest BCUT2D eigenvalue weighted by molar-refractivity contribution is -0.122. The minimum Gasteiger partial charge on any atom is -0.369 e. The Hall–Kier alpha value is -3.02. The zero-order chi connectivity index (χ0) is 18.7. The molecular formula is C20H19F2N3O. The fourth-order valence-corrected chi connectivity index (χ4v) is 3.26.